The highest BCUT2D eigenvalue weighted by atomic mass is 35.5. The minimum atomic E-state index is -2.69. The molecule has 3 saturated carbocycles. The van der Waals surface area contributed by atoms with E-state index in [9.17, 15) is 36.2 Å². The highest BCUT2D eigenvalue weighted by Gasteiger charge is 2.62. The Morgan fingerprint density at radius 2 is 1.35 bits per heavy atom. The molecule has 288 valence electrons. The molecule has 2 aromatic carbocycles. The smallest absolute Gasteiger partial charge is 0.249 e. The number of benzene rings is 2. The average molecular weight is 760 g/mol. The van der Waals surface area contributed by atoms with Gasteiger partial charge in [0.25, 0.3) is 0 Å². The summed E-state index contributed by atoms with van der Waals surface area (Å²) in [5.41, 5.74) is 2.09. The van der Waals surface area contributed by atoms with Crippen LogP contribution in [0.25, 0.3) is 0 Å². The Balaban J connectivity index is 0.000000137. The van der Waals surface area contributed by atoms with Crippen molar-refractivity contribution in [2.75, 3.05) is 32.9 Å². The second-order valence-corrected chi connectivity index (χ2v) is 15.7. The number of carbonyl (C=O) groups is 1. The summed E-state index contributed by atoms with van der Waals surface area (Å²) in [5, 5.41) is 21.5. The van der Waals surface area contributed by atoms with E-state index in [1.165, 1.54) is 5.56 Å². The van der Waals surface area contributed by atoms with Gasteiger partial charge in [-0.25, -0.2) is 26.3 Å². The third-order valence-electron chi connectivity index (χ3n) is 12.4. The molecular weight excluding hydrogens is 712 g/mol. The number of hydrogen-bond acceptors (Lipinski definition) is 6. The van der Waals surface area contributed by atoms with E-state index < -0.39 is 29.9 Å². The van der Waals surface area contributed by atoms with Crippen LogP contribution in [-0.4, -0.2) is 94.7 Å². The Labute approximate surface area is 306 Å². The van der Waals surface area contributed by atoms with Gasteiger partial charge in [0.1, 0.15) is 0 Å². The normalized spacial score (nSPS) is 37.2. The number of likely N-dealkylation sites (tertiary alicyclic amines) is 1. The van der Waals surface area contributed by atoms with Crippen LogP contribution < -0.4 is 5.32 Å². The van der Waals surface area contributed by atoms with Crippen LogP contribution >= 0.6 is 12.4 Å². The van der Waals surface area contributed by atoms with Crippen LogP contribution in [0.3, 0.4) is 0 Å². The van der Waals surface area contributed by atoms with Crippen molar-refractivity contribution in [2.24, 2.45) is 35.5 Å². The predicted octanol–water partition coefficient (Wildman–Crippen LogP) is 6.15. The lowest BCUT2D eigenvalue weighted by atomic mass is 9.94. The number of aliphatic hydroxyl groups excluding tert-OH is 2. The molecule has 6 unspecified atom stereocenters. The molecule has 2 aromatic rings. The SMILES string of the molecule is Cl.O=C1C2CC(F)(F)C[C@@H]2C2CO[C@@H](c3ccccc3)N12.OCC1NCC2CC(F)(F)C[C@@H]21.OCC1[C@H]2CC(F)(F)CC2CN1Cc1ccccc1. The van der Waals surface area contributed by atoms with E-state index in [0.717, 1.165) is 12.1 Å². The number of halogens is 7. The highest BCUT2D eigenvalue weighted by Crippen LogP contribution is 2.54. The van der Waals surface area contributed by atoms with E-state index in [1.54, 1.807) is 4.90 Å². The molecule has 3 aliphatic carbocycles. The van der Waals surface area contributed by atoms with Crippen LogP contribution in [0.4, 0.5) is 26.3 Å². The number of carbonyl (C=O) groups excluding carboxylic acids is 1. The first-order chi connectivity index (χ1) is 24.3. The fraction of sp³-hybridized carbons (Fsp3) is 0.658. The zero-order valence-electron chi connectivity index (χ0n) is 28.8. The van der Waals surface area contributed by atoms with Gasteiger partial charge in [0.15, 0.2) is 6.23 Å². The topological polar surface area (TPSA) is 85.3 Å². The standard InChI is InChI=1S/C15H15F2NO2.C15H19F2NO.C8H13F2NO.ClH/c16-15(17)6-10-11(7-15)13(19)18-12(10)8-20-14(18)9-4-2-1-3-5-9;16-15(17)6-12-9-18(14(10-19)13(12)7-15)8-11-4-2-1-3-5-11;9-8(10)1-5-3-11-7(4-12)6(5)2-8;/h1-5,10-12,14H,6-8H2;1-5,12-14,19H,6-10H2;5-7,11-12H,1-4H2;1H/t10-,11?,12?,14-;12?,13-,14?;5?,6-,7?;/m000./s1. The van der Waals surface area contributed by atoms with Gasteiger partial charge in [0.2, 0.25) is 23.7 Å². The molecule has 3 N–H and O–H groups in total. The Bertz CT molecular complexity index is 1510. The van der Waals surface area contributed by atoms with Crippen molar-refractivity contribution in [3.8, 4) is 0 Å². The van der Waals surface area contributed by atoms with Crippen molar-refractivity contribution < 1.29 is 46.1 Å². The summed E-state index contributed by atoms with van der Waals surface area (Å²) in [6, 6.07) is 19.1. The summed E-state index contributed by atoms with van der Waals surface area (Å²) in [7, 11) is 0. The van der Waals surface area contributed by atoms with Crippen molar-refractivity contribution in [1.82, 2.24) is 15.1 Å². The molecule has 4 aliphatic heterocycles. The largest absolute Gasteiger partial charge is 0.395 e. The molecule has 0 radical (unpaired) electrons. The zero-order valence-corrected chi connectivity index (χ0v) is 29.6. The van der Waals surface area contributed by atoms with Gasteiger partial charge in [-0.3, -0.25) is 9.69 Å². The fourth-order valence-electron chi connectivity index (χ4n) is 10.1. The van der Waals surface area contributed by atoms with Gasteiger partial charge in [0, 0.05) is 75.2 Å². The van der Waals surface area contributed by atoms with Gasteiger partial charge in [-0.05, 0) is 41.7 Å². The Morgan fingerprint density at radius 1 is 0.750 bits per heavy atom. The molecule has 4 saturated heterocycles. The number of amides is 1. The second-order valence-electron chi connectivity index (χ2n) is 15.7. The van der Waals surface area contributed by atoms with E-state index in [0.29, 0.717) is 19.7 Å². The maximum absolute atomic E-state index is 13.5. The first kappa shape index (κ1) is 39.3. The maximum atomic E-state index is 13.5. The molecule has 4 heterocycles. The summed E-state index contributed by atoms with van der Waals surface area (Å²) in [5.74, 6) is -8.59. The lowest BCUT2D eigenvalue weighted by molar-refractivity contribution is -0.139. The Morgan fingerprint density at radius 3 is 2.00 bits per heavy atom. The van der Waals surface area contributed by atoms with E-state index in [4.69, 9.17) is 9.84 Å². The third-order valence-corrected chi connectivity index (χ3v) is 12.4. The van der Waals surface area contributed by atoms with Crippen molar-refractivity contribution in [1.29, 1.82) is 0 Å². The van der Waals surface area contributed by atoms with Crippen LogP contribution in [0.2, 0.25) is 0 Å². The first-order valence-electron chi connectivity index (χ1n) is 18.1. The molecule has 7 fully saturated rings. The van der Waals surface area contributed by atoms with Crippen molar-refractivity contribution in [3.63, 3.8) is 0 Å². The zero-order chi connectivity index (χ0) is 36.1. The van der Waals surface area contributed by atoms with Crippen LogP contribution in [-0.2, 0) is 16.1 Å². The summed E-state index contributed by atoms with van der Waals surface area (Å²) >= 11 is 0. The van der Waals surface area contributed by atoms with Gasteiger partial charge in [0.05, 0.1) is 25.9 Å². The number of aliphatic hydroxyl groups is 2. The lowest BCUT2D eigenvalue weighted by Crippen LogP contribution is -2.36. The van der Waals surface area contributed by atoms with Crippen LogP contribution in [0, 0.1) is 35.5 Å². The number of alkyl halides is 6. The molecule has 0 aromatic heterocycles. The monoisotopic (exact) mass is 759 g/mol. The van der Waals surface area contributed by atoms with Crippen LogP contribution in [0.1, 0.15) is 55.9 Å². The van der Waals surface area contributed by atoms with Gasteiger partial charge in [-0.15, -0.1) is 12.4 Å². The number of fused-ring (bicyclic) bond motifs is 5. The summed E-state index contributed by atoms with van der Waals surface area (Å²) in [4.78, 5) is 16.3. The van der Waals surface area contributed by atoms with Crippen molar-refractivity contribution in [3.05, 3.63) is 71.8 Å². The Kier molecular flexibility index (Phi) is 11.6. The molecule has 14 heteroatoms. The number of rotatable bonds is 5. The van der Waals surface area contributed by atoms with E-state index in [-0.39, 0.29) is 118 Å². The minimum Gasteiger partial charge on any atom is -0.395 e. The predicted molar refractivity (Wildman–Crippen MR) is 183 cm³/mol. The molecule has 9 rings (SSSR count). The molecule has 7 aliphatic rings. The van der Waals surface area contributed by atoms with Crippen LogP contribution in [0.15, 0.2) is 60.7 Å². The minimum absolute atomic E-state index is 0. The number of nitrogens with one attached hydrogen (secondary N) is 1. The molecule has 1 amide bonds. The maximum Gasteiger partial charge on any atom is 0.249 e. The van der Waals surface area contributed by atoms with E-state index in [1.807, 2.05) is 60.7 Å². The average Bonchev–Trinajstić information content (AvgIpc) is 3.94. The van der Waals surface area contributed by atoms with Gasteiger partial charge in [-0.1, -0.05) is 60.7 Å². The quantitative estimate of drug-likeness (QED) is 0.318. The first-order valence-corrected chi connectivity index (χ1v) is 18.1. The molecule has 7 nitrogen and oxygen atoms in total. The summed E-state index contributed by atoms with van der Waals surface area (Å²) in [6.07, 6.45) is -1.02. The van der Waals surface area contributed by atoms with Gasteiger partial charge < -0.3 is 25.2 Å². The lowest BCUT2D eigenvalue weighted by Gasteiger charge is -2.27. The van der Waals surface area contributed by atoms with Crippen molar-refractivity contribution in [2.45, 2.75) is 87.2 Å². The number of nitrogens with zero attached hydrogens (tertiary/aromatic N) is 2. The molecule has 0 spiro atoms. The molecule has 52 heavy (non-hydrogen) atoms. The molecular formula is C38H48ClF6N3O4. The number of hydrogen-bond donors (Lipinski definition) is 3. The van der Waals surface area contributed by atoms with Crippen molar-refractivity contribution >= 4 is 18.3 Å². The fourth-order valence-corrected chi connectivity index (χ4v) is 10.1. The van der Waals surface area contributed by atoms with Crippen LogP contribution in [0.5, 0.6) is 0 Å². The van der Waals surface area contributed by atoms with E-state index in [2.05, 4.69) is 10.2 Å². The number of ether oxygens (including phenoxy) is 1. The second kappa shape index (κ2) is 15.4. The Hall–Kier alpha value is -2.42. The van der Waals surface area contributed by atoms with Gasteiger partial charge in [-0.2, -0.15) is 0 Å². The summed E-state index contributed by atoms with van der Waals surface area (Å²) < 4.78 is 85.3. The van der Waals surface area contributed by atoms with E-state index >= 15 is 0 Å². The molecule has 10 atom stereocenters. The van der Waals surface area contributed by atoms with Gasteiger partial charge >= 0.3 is 0 Å². The molecule has 0 bridgehead atoms. The summed E-state index contributed by atoms with van der Waals surface area (Å²) in [6.45, 7) is 2.39. The third kappa shape index (κ3) is 8.00. The highest BCUT2D eigenvalue weighted by molar-refractivity contribution is 5.85.